The number of fused-ring (bicyclic) bond motifs is 6. The Bertz CT molecular complexity index is 5710. The van der Waals surface area contributed by atoms with Gasteiger partial charge in [0, 0.05) is 50.2 Å². The molecule has 0 unspecified atom stereocenters. The number of aryl methyl sites for hydroxylation is 7. The Morgan fingerprint density at radius 3 is 1.21 bits per heavy atom. The zero-order valence-corrected chi connectivity index (χ0v) is 52.1. The Balaban J connectivity index is 0.953. The van der Waals surface area contributed by atoms with Crippen molar-refractivity contribution >= 4 is 43.6 Å². The Morgan fingerprint density at radius 1 is 0.287 bits per heavy atom. The molecule has 6 heterocycles. The van der Waals surface area contributed by atoms with E-state index in [0.717, 1.165) is 116 Å². The SMILES string of the molecule is Cc1nc(C)nc(-c2ccc(-n3c4cc(-c5ccc(C#N)cc5)ccc4c4cc(Cc5nc(C)nc(-c6cc(-c7nc(C)nc(C)n7)ccc6-n6c7ccccc7c7cc(-c8ccc(C#N)cc8)ccc76)n5)c(-c5ccc(C#N)cc5)cc43)c(-c3nc(C)nc(C)n3)c2)n1. The van der Waals surface area contributed by atoms with Crippen molar-refractivity contribution in [2.75, 3.05) is 0 Å². The maximum atomic E-state index is 10.1. The maximum Gasteiger partial charge on any atom is 0.165 e. The van der Waals surface area contributed by atoms with Crippen molar-refractivity contribution in [1.29, 1.82) is 15.8 Å². The number of rotatable bonds is 11. The predicted octanol–water partition coefficient (Wildman–Crippen LogP) is 15.7. The first-order valence-electron chi connectivity index (χ1n) is 30.5. The summed E-state index contributed by atoms with van der Waals surface area (Å²) in [6.07, 6.45) is 0.278. The van der Waals surface area contributed by atoms with Crippen LogP contribution in [0.2, 0.25) is 0 Å². The lowest BCUT2D eigenvalue weighted by atomic mass is 9.94. The lowest BCUT2D eigenvalue weighted by molar-refractivity contribution is 0.886. The summed E-state index contributed by atoms with van der Waals surface area (Å²) in [6, 6.07) is 67.9. The molecule has 15 aromatic rings. The van der Waals surface area contributed by atoms with Crippen LogP contribution in [0.4, 0.5) is 0 Å². The van der Waals surface area contributed by atoms with Gasteiger partial charge in [-0.05, 0) is 197 Å². The van der Waals surface area contributed by atoms with Crippen LogP contribution in [0.3, 0.4) is 0 Å². The third-order valence-electron chi connectivity index (χ3n) is 16.9. The van der Waals surface area contributed by atoms with Crippen LogP contribution >= 0.6 is 0 Å². The minimum atomic E-state index is 0.278. The van der Waals surface area contributed by atoms with Crippen LogP contribution in [-0.2, 0) is 6.42 Å². The highest BCUT2D eigenvalue weighted by Gasteiger charge is 2.25. The van der Waals surface area contributed by atoms with Crippen molar-refractivity contribution in [3.63, 3.8) is 0 Å². The van der Waals surface area contributed by atoms with E-state index in [0.29, 0.717) is 86.6 Å². The van der Waals surface area contributed by atoms with Crippen molar-refractivity contribution in [1.82, 2.24) is 68.9 Å². The highest BCUT2D eigenvalue weighted by atomic mass is 15.1. The first kappa shape index (κ1) is 57.5. The van der Waals surface area contributed by atoms with Crippen molar-refractivity contribution in [3.8, 4) is 109 Å². The summed E-state index contributed by atoms with van der Waals surface area (Å²) in [5.74, 6) is 6.57. The second kappa shape index (κ2) is 23.2. The quantitative estimate of drug-likeness (QED) is 0.117. The van der Waals surface area contributed by atoms with E-state index in [-0.39, 0.29) is 6.42 Å². The van der Waals surface area contributed by atoms with E-state index < -0.39 is 0 Å². The van der Waals surface area contributed by atoms with Gasteiger partial charge in [-0.25, -0.2) is 59.8 Å². The monoisotopic (exact) mass is 1220 g/mol. The van der Waals surface area contributed by atoms with Crippen LogP contribution in [0.1, 0.15) is 68.8 Å². The zero-order chi connectivity index (χ0) is 64.5. The fourth-order valence-corrected chi connectivity index (χ4v) is 12.8. The predicted molar refractivity (Wildman–Crippen MR) is 363 cm³/mol. The van der Waals surface area contributed by atoms with Gasteiger partial charge in [-0.3, -0.25) is 0 Å². The first-order chi connectivity index (χ1) is 45.7. The molecule has 15 rings (SSSR count). The van der Waals surface area contributed by atoms with E-state index in [9.17, 15) is 15.8 Å². The van der Waals surface area contributed by atoms with Crippen molar-refractivity contribution in [2.45, 2.75) is 54.9 Å². The molecule has 0 aliphatic carbocycles. The molecule has 17 nitrogen and oxygen atoms in total. The first-order valence-corrected chi connectivity index (χ1v) is 30.5. The van der Waals surface area contributed by atoms with Gasteiger partial charge in [-0.1, -0.05) is 72.8 Å². The molecule has 0 saturated heterocycles. The summed E-state index contributed by atoms with van der Waals surface area (Å²) >= 11 is 0. The molecule has 0 aliphatic rings. The van der Waals surface area contributed by atoms with Crippen LogP contribution in [0.15, 0.2) is 182 Å². The third kappa shape index (κ3) is 10.5. The lowest BCUT2D eigenvalue weighted by Crippen LogP contribution is -2.07. The molecule has 6 aromatic heterocycles. The normalized spacial score (nSPS) is 11.4. The summed E-state index contributed by atoms with van der Waals surface area (Å²) in [7, 11) is 0. The molecule has 0 radical (unpaired) electrons. The van der Waals surface area contributed by atoms with E-state index in [1.54, 1.807) is 0 Å². The molecule has 0 amide bonds. The van der Waals surface area contributed by atoms with E-state index in [4.69, 9.17) is 44.9 Å². The van der Waals surface area contributed by atoms with Gasteiger partial charge in [0.15, 0.2) is 23.3 Å². The largest absolute Gasteiger partial charge is 0.309 e. The van der Waals surface area contributed by atoms with Gasteiger partial charge >= 0.3 is 0 Å². The average Bonchev–Trinajstić information content (AvgIpc) is 1.57. The van der Waals surface area contributed by atoms with Gasteiger partial charge in [-0.15, -0.1) is 0 Å². The number of para-hydroxylation sites is 1. The van der Waals surface area contributed by atoms with E-state index >= 15 is 0 Å². The van der Waals surface area contributed by atoms with E-state index in [1.165, 1.54) is 0 Å². The number of nitriles is 3. The van der Waals surface area contributed by atoms with E-state index in [1.807, 2.05) is 139 Å². The summed E-state index contributed by atoms with van der Waals surface area (Å²) < 4.78 is 4.54. The molecule has 94 heavy (non-hydrogen) atoms. The second-order valence-corrected chi connectivity index (χ2v) is 23.3. The van der Waals surface area contributed by atoms with Gasteiger partial charge in [0.05, 0.1) is 68.3 Å². The molecule has 0 bridgehead atoms. The molecule has 0 saturated carbocycles. The summed E-state index contributed by atoms with van der Waals surface area (Å²) in [6.45, 7) is 13.1. The summed E-state index contributed by atoms with van der Waals surface area (Å²) in [5, 5.41) is 33.5. The van der Waals surface area contributed by atoms with Crippen molar-refractivity contribution in [2.24, 2.45) is 0 Å². The summed E-state index contributed by atoms with van der Waals surface area (Å²) in [4.78, 5) is 58.5. The molecule has 0 N–H and O–H groups in total. The average molecular weight is 1220 g/mol. The molecule has 0 fully saturated rings. The van der Waals surface area contributed by atoms with E-state index in [2.05, 4.69) is 133 Å². The fraction of sp³-hybridized carbons (Fsp3) is 0.104. The Kier molecular flexibility index (Phi) is 14.2. The Morgan fingerprint density at radius 2 is 0.681 bits per heavy atom. The molecule has 17 heteroatoms. The molecule has 446 valence electrons. The fourth-order valence-electron chi connectivity index (χ4n) is 12.8. The van der Waals surface area contributed by atoms with Crippen molar-refractivity contribution in [3.05, 3.63) is 251 Å². The van der Waals surface area contributed by atoms with Crippen LogP contribution in [0.5, 0.6) is 0 Å². The van der Waals surface area contributed by atoms with Crippen LogP contribution in [0, 0.1) is 82.5 Å². The summed E-state index contributed by atoms with van der Waals surface area (Å²) in [5.41, 5.74) is 16.6. The minimum absolute atomic E-state index is 0.278. The van der Waals surface area contributed by atoms with Gasteiger partial charge in [-0.2, -0.15) is 15.8 Å². The molecule has 0 spiro atoms. The molecular weight excluding hydrogens is 1160 g/mol. The second-order valence-electron chi connectivity index (χ2n) is 23.3. The Hall–Kier alpha value is -12.9. The lowest BCUT2D eigenvalue weighted by Gasteiger charge is -2.17. The number of hydrogen-bond acceptors (Lipinski definition) is 15. The molecule has 0 aliphatic heterocycles. The topological polar surface area (TPSA) is 236 Å². The van der Waals surface area contributed by atoms with Crippen LogP contribution < -0.4 is 0 Å². The maximum absolute atomic E-state index is 10.1. The zero-order valence-electron chi connectivity index (χ0n) is 52.1. The number of aromatic nitrogens is 14. The van der Waals surface area contributed by atoms with Gasteiger partial charge < -0.3 is 9.13 Å². The Labute approximate surface area is 539 Å². The number of nitrogens with zero attached hydrogens (tertiary/aromatic N) is 17. The smallest absolute Gasteiger partial charge is 0.165 e. The highest BCUT2D eigenvalue weighted by Crippen LogP contribution is 2.44. The molecular formula is C77H53N17. The standard InChI is InChI=1S/C77H53N17/c1-42-81-43(2)86-74(85-42)57-27-31-70(65(33-57)76-89-46(5)83-47(6)90-76)94-71-36-56(53-20-14-50(40-79)15-21-53)24-28-61(71)64-35-59(62(38-72(64)94)54-22-16-51(41-80)17-23-54)37-73-84-48(7)91-77(92-73)66-34-58(75-87-44(3)82-45(4)88-75)26-30-69(66)93-67-11-9-8-10-60(67)63-32-55(25-29-68(63)93)52-18-12-49(39-78)13-19-52/h8-36,38H,37H2,1-7H3. The van der Waals surface area contributed by atoms with Crippen LogP contribution in [0.25, 0.3) is 134 Å². The van der Waals surface area contributed by atoms with Gasteiger partial charge in [0.25, 0.3) is 0 Å². The van der Waals surface area contributed by atoms with Gasteiger partial charge in [0.1, 0.15) is 46.6 Å². The molecule has 9 aromatic carbocycles. The van der Waals surface area contributed by atoms with Crippen molar-refractivity contribution < 1.29 is 0 Å². The minimum Gasteiger partial charge on any atom is -0.309 e. The molecule has 0 atom stereocenters. The number of benzene rings is 9. The highest BCUT2D eigenvalue weighted by molar-refractivity contribution is 6.13. The van der Waals surface area contributed by atoms with Crippen LogP contribution in [-0.4, -0.2) is 68.9 Å². The van der Waals surface area contributed by atoms with Gasteiger partial charge in [0.2, 0.25) is 0 Å². The number of hydrogen-bond donors (Lipinski definition) is 0. The third-order valence-corrected chi connectivity index (χ3v) is 16.9.